The third-order valence-electron chi connectivity index (χ3n) is 16.7. The van der Waals surface area contributed by atoms with Gasteiger partial charge in [-0.25, -0.2) is 4.68 Å². The molecule has 5 aliphatic rings. The summed E-state index contributed by atoms with van der Waals surface area (Å²) in [6.45, 7) is 19.4. The van der Waals surface area contributed by atoms with Gasteiger partial charge in [-0.1, -0.05) is 60.1 Å². The Morgan fingerprint density at radius 3 is 2.23 bits per heavy atom. The lowest BCUT2D eigenvalue weighted by Crippen LogP contribution is -2.66. The zero-order valence-corrected chi connectivity index (χ0v) is 35.7. The molecule has 1 aromatic carbocycles. The van der Waals surface area contributed by atoms with E-state index < -0.39 is 22.8 Å². The molecular weight excluding hydrogens is 726 g/mol. The number of halogens is 1. The Balaban J connectivity index is 1.26. The van der Waals surface area contributed by atoms with Gasteiger partial charge in [0.2, 0.25) is 0 Å². The second-order valence-corrected chi connectivity index (χ2v) is 20.8. The number of nitrogens with zero attached hydrogens (tertiary/aromatic N) is 3. The van der Waals surface area contributed by atoms with E-state index in [1.54, 1.807) is 42.8 Å². The molecule has 0 aliphatic heterocycles. The summed E-state index contributed by atoms with van der Waals surface area (Å²) in [6, 6.07) is 9.08. The van der Waals surface area contributed by atoms with Crippen LogP contribution in [-0.2, 0) is 31.6 Å². The summed E-state index contributed by atoms with van der Waals surface area (Å²) in [7, 11) is 1.88. The minimum absolute atomic E-state index is 0.00847. The van der Waals surface area contributed by atoms with Crippen molar-refractivity contribution in [3.05, 3.63) is 62.0 Å². The maximum absolute atomic E-state index is 14.4. The lowest BCUT2D eigenvalue weighted by Gasteiger charge is -2.72. The molecule has 0 unspecified atom stereocenters. The molecule has 0 radical (unpaired) electrons. The van der Waals surface area contributed by atoms with E-state index in [-0.39, 0.29) is 62.4 Å². The maximum atomic E-state index is 14.4. The van der Waals surface area contributed by atoms with Gasteiger partial charge in [0.15, 0.2) is 5.78 Å². The van der Waals surface area contributed by atoms with Crippen LogP contribution in [0.25, 0.3) is 5.69 Å². The van der Waals surface area contributed by atoms with E-state index in [9.17, 15) is 29.5 Å². The third kappa shape index (κ3) is 5.50. The highest BCUT2D eigenvalue weighted by molar-refractivity contribution is 6.31. The lowest BCUT2D eigenvalue weighted by molar-refractivity contribution is -0.232. The average Bonchev–Trinajstić information content (AvgIpc) is 3.54. The number of rotatable bonds is 7. The number of ether oxygens (including phenoxy) is 1. The number of benzene rings is 1. The van der Waals surface area contributed by atoms with Crippen LogP contribution in [0.4, 0.5) is 0 Å². The Morgan fingerprint density at radius 1 is 0.964 bits per heavy atom. The Bertz CT molecular complexity index is 2130. The standard InChI is InChI=1S/C46H60ClN3O6/c1-26(2)35-30(51)23-46(38-37(47)39(53)50(49(38)10)28-13-11-27(25-48)12-14-28)22-21-44(8)29(36(35)46)15-16-32-43(7)19-18-33(56-34(52)24-41(3,4)40(54)55)42(5,6)31(43)17-20-45(32,44)9/h11-14,26,29,31-33H,15-24H2,1-10H3,(H,54,55)/t29-,31+,32-,33+,43+,44-,45-,46-/m1/s1. The summed E-state index contributed by atoms with van der Waals surface area (Å²) in [5.74, 6) is -0.362. The number of Topliss-reactive ketones (excluding diaryl/α,β-unsaturated/α-hetero) is 1. The molecule has 0 amide bonds. The van der Waals surface area contributed by atoms with Crippen molar-refractivity contribution in [2.24, 2.45) is 57.8 Å². The number of carbonyl (C=O) groups is 3. The summed E-state index contributed by atoms with van der Waals surface area (Å²) in [5, 5.41) is 19.2. The van der Waals surface area contributed by atoms with E-state index in [0.29, 0.717) is 29.5 Å². The average molecular weight is 786 g/mol. The molecule has 4 fully saturated rings. The number of carboxylic acids is 1. The van der Waals surface area contributed by atoms with Crippen LogP contribution < -0.4 is 5.56 Å². The Labute approximate surface area is 336 Å². The SMILES string of the molecule is CC(C)C1=C2[C@H]3CC[C@@H]4[C@@]5(C)CC[C@H](OC(=O)CC(C)(C)C(=O)O)C(C)(C)[C@@H]5CC[C@@]4(C)[C@]3(C)CC[C@@]2(c2c(Cl)c(=O)n(-c3ccc(C#N)cc3)n2C)CC1=O. The topological polar surface area (TPSA) is 131 Å². The van der Waals surface area contributed by atoms with Crippen molar-refractivity contribution in [1.82, 2.24) is 9.36 Å². The monoisotopic (exact) mass is 785 g/mol. The van der Waals surface area contributed by atoms with Gasteiger partial charge in [0.1, 0.15) is 11.1 Å². The summed E-state index contributed by atoms with van der Waals surface area (Å²) in [6.07, 6.45) is 7.19. The van der Waals surface area contributed by atoms with Crippen molar-refractivity contribution in [2.45, 2.75) is 138 Å². The minimum Gasteiger partial charge on any atom is -0.481 e. The molecule has 8 atom stereocenters. The molecule has 0 spiro atoms. The van der Waals surface area contributed by atoms with Gasteiger partial charge in [0, 0.05) is 24.3 Å². The zero-order valence-electron chi connectivity index (χ0n) is 35.0. The second-order valence-electron chi connectivity index (χ2n) is 20.4. The van der Waals surface area contributed by atoms with Crippen LogP contribution >= 0.6 is 11.6 Å². The zero-order chi connectivity index (χ0) is 41.1. The van der Waals surface area contributed by atoms with Crippen LogP contribution in [0.3, 0.4) is 0 Å². The first kappa shape index (κ1) is 40.6. The Hall–Kier alpha value is -3.64. The van der Waals surface area contributed by atoms with Crippen LogP contribution in [0.5, 0.6) is 0 Å². The highest BCUT2D eigenvalue weighted by Gasteiger charge is 2.71. The number of hydrogen-bond acceptors (Lipinski definition) is 6. The van der Waals surface area contributed by atoms with Gasteiger partial charge in [0.25, 0.3) is 5.56 Å². The van der Waals surface area contributed by atoms with E-state index >= 15 is 0 Å². The number of carbonyl (C=O) groups excluding carboxylic acids is 2. The van der Waals surface area contributed by atoms with Gasteiger partial charge in [-0.3, -0.25) is 23.9 Å². The van der Waals surface area contributed by atoms with Crippen LogP contribution in [0, 0.1) is 62.1 Å². The molecule has 9 nitrogen and oxygen atoms in total. The molecule has 1 N–H and O–H groups in total. The number of carboxylic acid groups (broad SMARTS) is 1. The number of aliphatic carboxylic acids is 1. The van der Waals surface area contributed by atoms with Crippen molar-refractivity contribution in [3.8, 4) is 11.8 Å². The lowest BCUT2D eigenvalue weighted by atomic mass is 9.33. The fourth-order valence-corrected chi connectivity index (χ4v) is 14.2. The van der Waals surface area contributed by atoms with Crippen LogP contribution in [0.2, 0.25) is 5.02 Å². The summed E-state index contributed by atoms with van der Waals surface area (Å²) in [4.78, 5) is 53.4. The predicted octanol–water partition coefficient (Wildman–Crippen LogP) is 9.35. The van der Waals surface area contributed by atoms with Gasteiger partial charge < -0.3 is 9.84 Å². The van der Waals surface area contributed by atoms with Gasteiger partial charge in [0.05, 0.1) is 34.8 Å². The highest BCUT2D eigenvalue weighted by Crippen LogP contribution is 2.77. The number of fused-ring (bicyclic) bond motifs is 7. The second kappa shape index (κ2) is 13.2. The van der Waals surface area contributed by atoms with E-state index in [1.807, 2.05) is 11.7 Å². The molecule has 4 saturated carbocycles. The number of nitriles is 1. The molecule has 7 rings (SSSR count). The van der Waals surface area contributed by atoms with Crippen LogP contribution in [-0.4, -0.2) is 38.3 Å². The number of esters is 1. The first-order valence-electron chi connectivity index (χ1n) is 20.7. The van der Waals surface area contributed by atoms with Crippen molar-refractivity contribution in [1.29, 1.82) is 5.26 Å². The number of allylic oxidation sites excluding steroid dienone is 2. The Kier molecular flexibility index (Phi) is 9.55. The highest BCUT2D eigenvalue weighted by atomic mass is 35.5. The molecular formula is C46H60ClN3O6. The number of hydrogen-bond donors (Lipinski definition) is 1. The maximum Gasteiger partial charge on any atom is 0.309 e. The summed E-state index contributed by atoms with van der Waals surface area (Å²) >= 11 is 7.16. The molecule has 1 aromatic heterocycles. The van der Waals surface area contributed by atoms with E-state index in [2.05, 4.69) is 54.5 Å². The van der Waals surface area contributed by atoms with Crippen molar-refractivity contribution >= 4 is 29.3 Å². The van der Waals surface area contributed by atoms with E-state index in [4.69, 9.17) is 16.3 Å². The van der Waals surface area contributed by atoms with Gasteiger partial charge in [-0.2, -0.15) is 5.26 Å². The smallest absolute Gasteiger partial charge is 0.309 e. The molecule has 56 heavy (non-hydrogen) atoms. The number of aromatic nitrogens is 2. The molecule has 0 bridgehead atoms. The van der Waals surface area contributed by atoms with Crippen LogP contribution in [0.1, 0.15) is 138 Å². The summed E-state index contributed by atoms with van der Waals surface area (Å²) < 4.78 is 9.64. The Morgan fingerprint density at radius 2 is 1.62 bits per heavy atom. The quantitative estimate of drug-likeness (QED) is 0.277. The molecule has 1 heterocycles. The first-order chi connectivity index (χ1) is 26.0. The van der Waals surface area contributed by atoms with E-state index in [0.717, 1.165) is 62.6 Å². The molecule has 302 valence electrons. The van der Waals surface area contributed by atoms with Gasteiger partial charge in [-0.05, 0) is 141 Å². The predicted molar refractivity (Wildman–Crippen MR) is 215 cm³/mol. The fraction of sp³-hybridized carbons (Fsp3) is 0.674. The van der Waals surface area contributed by atoms with Crippen molar-refractivity contribution in [2.75, 3.05) is 0 Å². The third-order valence-corrected chi connectivity index (χ3v) is 17.1. The van der Waals surface area contributed by atoms with Gasteiger partial charge in [-0.15, -0.1) is 0 Å². The largest absolute Gasteiger partial charge is 0.481 e. The molecule has 10 heteroatoms. The van der Waals surface area contributed by atoms with Crippen molar-refractivity contribution < 1.29 is 24.2 Å². The van der Waals surface area contributed by atoms with E-state index in [1.165, 1.54) is 5.57 Å². The normalized spacial score (nSPS) is 34.9. The van der Waals surface area contributed by atoms with Crippen LogP contribution in [0.15, 0.2) is 40.2 Å². The molecule has 2 aromatic rings. The molecule has 5 aliphatic carbocycles. The molecule has 0 saturated heterocycles. The number of ketones is 1. The minimum atomic E-state index is -1.19. The first-order valence-corrected chi connectivity index (χ1v) is 21.1. The summed E-state index contributed by atoms with van der Waals surface area (Å²) in [5.41, 5.74) is 1.38. The van der Waals surface area contributed by atoms with Crippen molar-refractivity contribution in [3.63, 3.8) is 0 Å². The van der Waals surface area contributed by atoms with Gasteiger partial charge >= 0.3 is 11.9 Å². The fourth-order valence-electron chi connectivity index (χ4n) is 13.8.